The van der Waals surface area contributed by atoms with Crippen molar-refractivity contribution in [3.8, 4) is 0 Å². The summed E-state index contributed by atoms with van der Waals surface area (Å²) < 4.78 is 0. The molecule has 0 spiro atoms. The van der Waals surface area contributed by atoms with Crippen LogP contribution in [0.15, 0.2) is 18.2 Å². The first-order valence-corrected chi connectivity index (χ1v) is 6.29. The maximum absolute atomic E-state index is 9.96. The molecule has 1 aromatic rings. The third kappa shape index (κ3) is 2.79. The zero-order valence-corrected chi connectivity index (χ0v) is 10.7. The molecule has 3 N–H and O–H groups in total. The molecule has 2 rings (SSSR count). The minimum atomic E-state index is -0.496. The normalized spacial score (nSPS) is 19.4. The number of anilines is 1. The number of hydrogen-bond acceptors (Lipinski definition) is 3. The van der Waals surface area contributed by atoms with Crippen LogP contribution in [0.2, 0.25) is 0 Å². The summed E-state index contributed by atoms with van der Waals surface area (Å²) >= 11 is 0. The van der Waals surface area contributed by atoms with Crippen LogP contribution < -0.4 is 10.6 Å². The first kappa shape index (κ1) is 12.4. The monoisotopic (exact) mass is 234 g/mol. The second-order valence-corrected chi connectivity index (χ2v) is 5.32. The second-order valence-electron chi connectivity index (χ2n) is 5.32. The highest BCUT2D eigenvalue weighted by Gasteiger charge is 2.27. The zero-order valence-electron chi connectivity index (χ0n) is 10.7. The lowest BCUT2D eigenvalue weighted by Crippen LogP contribution is -2.42. The van der Waals surface area contributed by atoms with Gasteiger partial charge >= 0.3 is 0 Å². The molecule has 0 radical (unpaired) electrons. The van der Waals surface area contributed by atoms with Gasteiger partial charge in [-0.05, 0) is 38.3 Å². The van der Waals surface area contributed by atoms with Crippen LogP contribution in [0.3, 0.4) is 0 Å². The van der Waals surface area contributed by atoms with Crippen LogP contribution in [0.1, 0.15) is 30.9 Å². The molecule has 0 aliphatic carbocycles. The molecule has 1 aromatic carbocycles. The Kier molecular flexibility index (Phi) is 3.40. The largest absolute Gasteiger partial charge is 0.390 e. The Morgan fingerprint density at radius 2 is 2.00 bits per heavy atom. The van der Waals surface area contributed by atoms with Gasteiger partial charge in [0.25, 0.3) is 0 Å². The smallest absolute Gasteiger partial charge is 0.0653 e. The van der Waals surface area contributed by atoms with E-state index in [1.165, 1.54) is 16.8 Å². The fourth-order valence-corrected chi connectivity index (χ4v) is 2.42. The van der Waals surface area contributed by atoms with E-state index in [4.69, 9.17) is 5.73 Å². The van der Waals surface area contributed by atoms with Gasteiger partial charge in [-0.2, -0.15) is 0 Å². The summed E-state index contributed by atoms with van der Waals surface area (Å²) in [5.41, 5.74) is 8.99. The highest BCUT2D eigenvalue weighted by molar-refractivity contribution is 5.55. The van der Waals surface area contributed by atoms with Crippen molar-refractivity contribution in [3.63, 3.8) is 0 Å². The third-order valence-electron chi connectivity index (χ3n) is 3.64. The molecule has 0 unspecified atom stereocenters. The fraction of sp³-hybridized carbons (Fsp3) is 0.571. The summed E-state index contributed by atoms with van der Waals surface area (Å²) in [6.07, 6.45) is 1.65. The van der Waals surface area contributed by atoms with Gasteiger partial charge in [-0.15, -0.1) is 0 Å². The maximum atomic E-state index is 9.96. The molecule has 17 heavy (non-hydrogen) atoms. The van der Waals surface area contributed by atoms with Crippen LogP contribution in [0.5, 0.6) is 0 Å². The van der Waals surface area contributed by atoms with Gasteiger partial charge in [0.15, 0.2) is 0 Å². The van der Waals surface area contributed by atoms with Crippen molar-refractivity contribution < 1.29 is 5.11 Å². The molecule has 0 aromatic heterocycles. The molecular weight excluding hydrogens is 212 g/mol. The van der Waals surface area contributed by atoms with Crippen molar-refractivity contribution in [1.29, 1.82) is 0 Å². The quantitative estimate of drug-likeness (QED) is 0.820. The number of hydrogen-bond donors (Lipinski definition) is 2. The lowest BCUT2D eigenvalue weighted by Gasteiger charge is -2.38. The van der Waals surface area contributed by atoms with Gasteiger partial charge in [0.2, 0.25) is 0 Å². The van der Waals surface area contributed by atoms with Crippen LogP contribution in [0.4, 0.5) is 5.69 Å². The molecule has 0 atom stereocenters. The predicted octanol–water partition coefficient (Wildman–Crippen LogP) is 1.80. The predicted molar refractivity (Wildman–Crippen MR) is 71.1 cm³/mol. The maximum Gasteiger partial charge on any atom is 0.0653 e. The number of aryl methyl sites for hydroxylation is 1. The van der Waals surface area contributed by atoms with Crippen molar-refractivity contribution >= 4 is 5.69 Å². The highest BCUT2D eigenvalue weighted by atomic mass is 16.3. The molecular formula is C14H22N2O. The minimum absolute atomic E-state index is 0.496. The van der Waals surface area contributed by atoms with Crippen molar-refractivity contribution in [2.75, 3.05) is 18.0 Å². The average molecular weight is 234 g/mol. The Morgan fingerprint density at radius 1 is 1.35 bits per heavy atom. The highest BCUT2D eigenvalue weighted by Crippen LogP contribution is 2.28. The van der Waals surface area contributed by atoms with Crippen LogP contribution in [-0.2, 0) is 6.54 Å². The van der Waals surface area contributed by atoms with Crippen molar-refractivity contribution in [1.82, 2.24) is 0 Å². The van der Waals surface area contributed by atoms with Gasteiger partial charge in [-0.25, -0.2) is 0 Å². The molecule has 3 nitrogen and oxygen atoms in total. The van der Waals surface area contributed by atoms with Crippen LogP contribution in [-0.4, -0.2) is 23.8 Å². The number of nitrogens with two attached hydrogens (primary N) is 1. The SMILES string of the molecule is Cc1ccc(N2CCC(C)(O)CC2)c(CN)c1. The summed E-state index contributed by atoms with van der Waals surface area (Å²) in [5, 5.41) is 9.96. The topological polar surface area (TPSA) is 49.5 Å². The Balaban J connectivity index is 2.18. The molecule has 1 heterocycles. The molecule has 1 saturated heterocycles. The summed E-state index contributed by atoms with van der Waals surface area (Å²) in [4.78, 5) is 2.33. The number of piperidine rings is 1. The second kappa shape index (κ2) is 4.67. The first-order chi connectivity index (χ1) is 8.02. The fourth-order valence-electron chi connectivity index (χ4n) is 2.42. The van der Waals surface area contributed by atoms with E-state index < -0.39 is 5.60 Å². The van der Waals surface area contributed by atoms with E-state index in [-0.39, 0.29) is 0 Å². The van der Waals surface area contributed by atoms with E-state index in [9.17, 15) is 5.11 Å². The van der Waals surface area contributed by atoms with Crippen LogP contribution in [0.25, 0.3) is 0 Å². The average Bonchev–Trinajstić information content (AvgIpc) is 2.29. The Hall–Kier alpha value is -1.06. The van der Waals surface area contributed by atoms with Gasteiger partial charge in [0, 0.05) is 25.3 Å². The molecule has 3 heteroatoms. The number of benzene rings is 1. The van der Waals surface area contributed by atoms with E-state index in [1.807, 2.05) is 6.92 Å². The summed E-state index contributed by atoms with van der Waals surface area (Å²) in [6.45, 7) is 6.39. The first-order valence-electron chi connectivity index (χ1n) is 6.29. The molecule has 0 amide bonds. The van der Waals surface area contributed by atoms with E-state index in [0.717, 1.165) is 25.9 Å². The molecule has 1 fully saturated rings. The van der Waals surface area contributed by atoms with E-state index >= 15 is 0 Å². The van der Waals surface area contributed by atoms with Gasteiger partial charge in [-0.1, -0.05) is 17.7 Å². The Bertz CT molecular complexity index is 391. The zero-order chi connectivity index (χ0) is 12.5. The minimum Gasteiger partial charge on any atom is -0.390 e. The van der Waals surface area contributed by atoms with Crippen molar-refractivity contribution in [2.24, 2.45) is 5.73 Å². The van der Waals surface area contributed by atoms with Gasteiger partial charge in [-0.3, -0.25) is 0 Å². The van der Waals surface area contributed by atoms with Crippen LogP contribution in [0, 0.1) is 6.92 Å². The Labute approximate surface area is 103 Å². The van der Waals surface area contributed by atoms with Crippen molar-refractivity contribution in [3.05, 3.63) is 29.3 Å². The standard InChI is InChI=1S/C14H22N2O/c1-11-3-4-13(12(9-11)10-15)16-7-5-14(2,17)6-8-16/h3-4,9,17H,5-8,10,15H2,1-2H3. The summed E-state index contributed by atoms with van der Waals surface area (Å²) in [7, 11) is 0. The van der Waals surface area contributed by atoms with E-state index in [1.54, 1.807) is 0 Å². The van der Waals surface area contributed by atoms with E-state index in [2.05, 4.69) is 30.0 Å². The number of rotatable bonds is 2. The summed E-state index contributed by atoms with van der Waals surface area (Å²) in [6, 6.07) is 6.43. The lowest BCUT2D eigenvalue weighted by molar-refractivity contribution is 0.0351. The molecule has 1 aliphatic heterocycles. The summed E-state index contributed by atoms with van der Waals surface area (Å²) in [5.74, 6) is 0. The van der Waals surface area contributed by atoms with Gasteiger partial charge in [0.1, 0.15) is 0 Å². The van der Waals surface area contributed by atoms with Gasteiger partial charge in [0.05, 0.1) is 5.60 Å². The number of nitrogens with zero attached hydrogens (tertiary/aromatic N) is 1. The lowest BCUT2D eigenvalue weighted by atomic mass is 9.93. The number of aliphatic hydroxyl groups is 1. The Morgan fingerprint density at radius 3 is 2.59 bits per heavy atom. The molecule has 94 valence electrons. The van der Waals surface area contributed by atoms with Crippen LogP contribution >= 0.6 is 0 Å². The third-order valence-corrected chi connectivity index (χ3v) is 3.64. The molecule has 1 aliphatic rings. The van der Waals surface area contributed by atoms with Crippen molar-refractivity contribution in [2.45, 2.75) is 38.8 Å². The molecule has 0 saturated carbocycles. The molecule has 0 bridgehead atoms. The van der Waals surface area contributed by atoms with E-state index in [0.29, 0.717) is 6.54 Å². The van der Waals surface area contributed by atoms with Gasteiger partial charge < -0.3 is 15.7 Å².